The van der Waals surface area contributed by atoms with Crippen LogP contribution in [-0.4, -0.2) is 22.6 Å². The third-order valence-corrected chi connectivity index (χ3v) is 3.55. The Morgan fingerprint density at radius 2 is 1.26 bits per heavy atom. The van der Waals surface area contributed by atoms with Crippen molar-refractivity contribution in [2.75, 3.05) is 0 Å². The van der Waals surface area contributed by atoms with Gasteiger partial charge < -0.3 is 0 Å². The van der Waals surface area contributed by atoms with Gasteiger partial charge in [-0.2, -0.15) is 0 Å². The van der Waals surface area contributed by atoms with Gasteiger partial charge in [-0.15, -0.1) is 12.2 Å². The third kappa shape index (κ3) is 5.87. The number of hydrogen-bond donors (Lipinski definition) is 0. The molecule has 0 unspecified atom stereocenters. The van der Waals surface area contributed by atoms with Gasteiger partial charge in [0, 0.05) is 12.8 Å². The minimum Gasteiger partial charge on any atom is -0.298 e. The molecule has 0 bridgehead atoms. The van der Waals surface area contributed by atoms with Crippen LogP contribution in [0.25, 0.3) is 0 Å². The Balaban J connectivity index is 1.61. The minimum atomic E-state index is 0.891. The van der Waals surface area contributed by atoms with Crippen molar-refractivity contribution in [1.29, 1.82) is 0 Å². The van der Waals surface area contributed by atoms with Gasteiger partial charge in [-0.3, -0.25) is 9.15 Å². The normalized spacial score (nSPS) is 17.7. The molecule has 0 spiro atoms. The first-order chi connectivity index (χ1) is 11.3. The van der Waals surface area contributed by atoms with E-state index >= 15 is 0 Å². The molecule has 2 nitrogen and oxygen atoms in total. The zero-order valence-corrected chi connectivity index (χ0v) is 13.5. The molecule has 0 aromatic rings. The summed E-state index contributed by atoms with van der Waals surface area (Å²) < 4.78 is 3.80. The molecule has 0 aromatic heterocycles. The largest absolute Gasteiger partial charge is 0.298 e. The molecular formula is C21H24N2. The molecule has 0 radical (unpaired) electrons. The smallest absolute Gasteiger partial charge is 0.103 e. The fraction of sp³-hybridized carbons (Fsp3) is 0.143. The SMILES string of the molecule is C=[N+]1C=CC=C[C-]1CC=CC=CCC=CC[C-]1C=CC=C[N+]1=C. The maximum atomic E-state index is 3.95. The van der Waals surface area contributed by atoms with E-state index < -0.39 is 0 Å². The van der Waals surface area contributed by atoms with E-state index in [2.05, 4.69) is 62.0 Å². The lowest BCUT2D eigenvalue weighted by atomic mass is 10.1. The van der Waals surface area contributed by atoms with Gasteiger partial charge in [0.1, 0.15) is 12.1 Å². The molecule has 0 fully saturated rings. The predicted molar refractivity (Wildman–Crippen MR) is 99.1 cm³/mol. The number of hydrogen-bond acceptors (Lipinski definition) is 0. The second-order valence-electron chi connectivity index (χ2n) is 5.30. The monoisotopic (exact) mass is 304 g/mol. The van der Waals surface area contributed by atoms with E-state index in [4.69, 9.17) is 0 Å². The summed E-state index contributed by atoms with van der Waals surface area (Å²) in [4.78, 5) is 0. The average molecular weight is 304 g/mol. The molecular weight excluding hydrogens is 280 g/mol. The highest BCUT2D eigenvalue weighted by Gasteiger charge is 2.07. The highest BCUT2D eigenvalue weighted by atomic mass is 15.0. The van der Waals surface area contributed by atoms with Crippen LogP contribution in [0.15, 0.2) is 85.3 Å². The van der Waals surface area contributed by atoms with E-state index in [0.29, 0.717) is 0 Å². The van der Waals surface area contributed by atoms with Crippen molar-refractivity contribution >= 4 is 13.4 Å². The second kappa shape index (κ2) is 9.31. The van der Waals surface area contributed by atoms with Crippen molar-refractivity contribution in [3.63, 3.8) is 0 Å². The fourth-order valence-electron chi connectivity index (χ4n) is 2.20. The molecule has 0 N–H and O–H groups in total. The molecule has 2 heterocycles. The molecule has 0 atom stereocenters. The van der Waals surface area contributed by atoms with Crippen LogP contribution in [0.3, 0.4) is 0 Å². The Morgan fingerprint density at radius 3 is 1.87 bits per heavy atom. The summed E-state index contributed by atoms with van der Waals surface area (Å²) in [6.07, 6.45) is 31.7. The zero-order chi connectivity index (χ0) is 16.3. The van der Waals surface area contributed by atoms with E-state index in [1.165, 1.54) is 12.1 Å². The van der Waals surface area contributed by atoms with Gasteiger partial charge in [-0.1, -0.05) is 60.8 Å². The fourth-order valence-corrected chi connectivity index (χ4v) is 2.20. The molecule has 0 amide bonds. The lowest BCUT2D eigenvalue weighted by Gasteiger charge is -2.14. The summed E-state index contributed by atoms with van der Waals surface area (Å²) in [5.74, 6) is 0. The quantitative estimate of drug-likeness (QED) is 0.283. The Kier molecular flexibility index (Phi) is 6.73. The molecule has 0 aromatic carbocycles. The standard InChI is InChI=1S/C21H24N2/c1-22-18-12-10-16-20(22)14-8-6-4-3-5-7-9-15-21-17-11-13-19-23(21)2/h3-4,6-13,16-19H,1-2,5,14-15H2. The molecule has 23 heavy (non-hydrogen) atoms. The topological polar surface area (TPSA) is 6.02 Å². The first-order valence-electron chi connectivity index (χ1n) is 7.85. The van der Waals surface area contributed by atoms with E-state index in [1.54, 1.807) is 0 Å². The number of allylic oxidation sites excluding steroid dienone is 8. The van der Waals surface area contributed by atoms with E-state index in [9.17, 15) is 0 Å². The van der Waals surface area contributed by atoms with Crippen LogP contribution in [0, 0.1) is 12.1 Å². The van der Waals surface area contributed by atoms with Crippen LogP contribution in [0.2, 0.25) is 0 Å². The van der Waals surface area contributed by atoms with Gasteiger partial charge in [-0.05, 0) is 6.42 Å². The third-order valence-electron chi connectivity index (χ3n) is 3.55. The summed E-state index contributed by atoms with van der Waals surface area (Å²) in [5, 5.41) is 0. The van der Waals surface area contributed by atoms with Crippen molar-refractivity contribution in [2.45, 2.75) is 19.3 Å². The first-order valence-corrected chi connectivity index (χ1v) is 7.85. The molecule has 2 aliphatic rings. The summed E-state index contributed by atoms with van der Waals surface area (Å²) in [6, 6.07) is 2.40. The van der Waals surface area contributed by atoms with E-state index in [1.807, 2.05) is 45.9 Å². The molecule has 118 valence electrons. The lowest BCUT2D eigenvalue weighted by Crippen LogP contribution is -2.10. The molecule has 0 saturated heterocycles. The summed E-state index contributed by atoms with van der Waals surface area (Å²) in [6.45, 7) is 7.90. The van der Waals surface area contributed by atoms with E-state index in [0.717, 1.165) is 19.3 Å². The molecule has 2 rings (SSSR count). The Bertz CT molecular complexity index is 624. The highest BCUT2D eigenvalue weighted by Crippen LogP contribution is 2.15. The van der Waals surface area contributed by atoms with Crippen LogP contribution >= 0.6 is 0 Å². The van der Waals surface area contributed by atoms with Gasteiger partial charge in [0.2, 0.25) is 0 Å². The Morgan fingerprint density at radius 1 is 0.696 bits per heavy atom. The summed E-state index contributed by atoms with van der Waals surface area (Å²) in [7, 11) is 0. The van der Waals surface area contributed by atoms with Crippen LogP contribution in [0.4, 0.5) is 0 Å². The van der Waals surface area contributed by atoms with Crippen molar-refractivity contribution in [3.05, 3.63) is 97.4 Å². The average Bonchev–Trinajstić information content (AvgIpc) is 2.56. The molecule has 2 heteroatoms. The number of rotatable bonds is 7. The molecule has 2 aliphatic heterocycles. The van der Waals surface area contributed by atoms with Crippen LogP contribution in [0.1, 0.15) is 19.3 Å². The maximum Gasteiger partial charge on any atom is 0.103 e. The van der Waals surface area contributed by atoms with Crippen molar-refractivity contribution < 1.29 is 9.15 Å². The van der Waals surface area contributed by atoms with Crippen molar-refractivity contribution in [1.82, 2.24) is 0 Å². The zero-order valence-electron chi connectivity index (χ0n) is 13.5. The molecule has 0 saturated carbocycles. The maximum absolute atomic E-state index is 3.95. The summed E-state index contributed by atoms with van der Waals surface area (Å²) in [5.41, 5.74) is 0. The second-order valence-corrected chi connectivity index (χ2v) is 5.30. The predicted octanol–water partition coefficient (Wildman–Crippen LogP) is 4.48. The Labute approximate surface area is 139 Å². The van der Waals surface area contributed by atoms with Gasteiger partial charge in [-0.25, -0.2) is 0 Å². The van der Waals surface area contributed by atoms with Crippen LogP contribution in [-0.2, 0) is 0 Å². The summed E-state index contributed by atoms with van der Waals surface area (Å²) >= 11 is 0. The van der Waals surface area contributed by atoms with Gasteiger partial charge in [0.25, 0.3) is 0 Å². The van der Waals surface area contributed by atoms with Gasteiger partial charge in [0.05, 0.1) is 25.8 Å². The lowest BCUT2D eigenvalue weighted by molar-refractivity contribution is -0.426. The first kappa shape index (κ1) is 16.6. The molecule has 0 aliphatic carbocycles. The van der Waals surface area contributed by atoms with Gasteiger partial charge >= 0.3 is 0 Å². The van der Waals surface area contributed by atoms with Crippen LogP contribution in [0.5, 0.6) is 0 Å². The Hall–Kier alpha value is -2.74. The van der Waals surface area contributed by atoms with Crippen LogP contribution < -0.4 is 0 Å². The number of nitrogens with zero attached hydrogens (tertiary/aromatic N) is 2. The highest BCUT2D eigenvalue weighted by molar-refractivity contribution is 5.25. The van der Waals surface area contributed by atoms with Crippen molar-refractivity contribution in [3.8, 4) is 0 Å². The minimum absolute atomic E-state index is 0.891. The van der Waals surface area contributed by atoms with Crippen molar-refractivity contribution in [2.24, 2.45) is 0 Å². The van der Waals surface area contributed by atoms with E-state index in [-0.39, 0.29) is 0 Å². The van der Waals surface area contributed by atoms with Gasteiger partial charge in [0.15, 0.2) is 0 Å².